The third kappa shape index (κ3) is 3.24. The van der Waals surface area contributed by atoms with Crippen molar-refractivity contribution in [1.29, 1.82) is 0 Å². The summed E-state index contributed by atoms with van der Waals surface area (Å²) < 4.78 is 79.0. The fourth-order valence-electron chi connectivity index (χ4n) is 2.78. The molecule has 9 heteroatoms. The molecule has 0 aromatic heterocycles. The third-order valence-corrected chi connectivity index (χ3v) is 5.49. The van der Waals surface area contributed by atoms with Crippen molar-refractivity contribution < 1.29 is 31.1 Å². The Hall–Kier alpha value is -3.20. The molecule has 1 heterocycles. The van der Waals surface area contributed by atoms with Gasteiger partial charge in [0.1, 0.15) is 0 Å². The molecule has 1 aliphatic heterocycles. The van der Waals surface area contributed by atoms with Crippen LogP contribution in [0, 0.1) is 17.5 Å². The molecule has 1 N–H and O–H groups in total. The van der Waals surface area contributed by atoms with E-state index >= 15 is 0 Å². The zero-order valence-electron chi connectivity index (χ0n) is 14.1. The van der Waals surface area contributed by atoms with Crippen LogP contribution in [0.1, 0.15) is 0 Å². The highest BCUT2D eigenvalue weighted by Gasteiger charge is 2.23. The number of halogens is 3. The largest absolute Gasteiger partial charge is 0.454 e. The van der Waals surface area contributed by atoms with Gasteiger partial charge < -0.3 is 9.47 Å². The van der Waals surface area contributed by atoms with Crippen LogP contribution < -0.4 is 14.2 Å². The van der Waals surface area contributed by atoms with Crippen molar-refractivity contribution in [3.63, 3.8) is 0 Å². The molecule has 28 heavy (non-hydrogen) atoms. The second-order valence-electron chi connectivity index (χ2n) is 5.92. The summed E-state index contributed by atoms with van der Waals surface area (Å²) in [5, 5.41) is 0. The maximum atomic E-state index is 13.7. The summed E-state index contributed by atoms with van der Waals surface area (Å²) in [6.45, 7) is -0.0875. The lowest BCUT2D eigenvalue weighted by molar-refractivity contribution is 0.174. The number of hydrogen-bond donors (Lipinski definition) is 1. The Morgan fingerprint density at radius 3 is 2.11 bits per heavy atom. The van der Waals surface area contributed by atoms with Gasteiger partial charge >= 0.3 is 0 Å². The lowest BCUT2D eigenvalue weighted by Crippen LogP contribution is -2.13. The lowest BCUT2D eigenvalue weighted by Gasteiger charge is -2.14. The van der Waals surface area contributed by atoms with Gasteiger partial charge in [0.2, 0.25) is 6.79 Å². The molecule has 0 bridgehead atoms. The summed E-state index contributed by atoms with van der Waals surface area (Å²) in [5.74, 6) is -3.88. The Kier molecular flexibility index (Phi) is 4.38. The van der Waals surface area contributed by atoms with Gasteiger partial charge in [-0.15, -0.1) is 0 Å². The average Bonchev–Trinajstić information content (AvgIpc) is 3.13. The fraction of sp³-hybridized carbons (Fsp3) is 0.0526. The molecule has 0 saturated heterocycles. The molecule has 0 saturated carbocycles. The minimum Gasteiger partial charge on any atom is -0.454 e. The Bertz CT molecular complexity index is 1140. The van der Waals surface area contributed by atoms with Crippen LogP contribution in [0.3, 0.4) is 0 Å². The molecule has 4 rings (SSSR count). The Morgan fingerprint density at radius 2 is 1.46 bits per heavy atom. The van der Waals surface area contributed by atoms with E-state index in [1.165, 1.54) is 24.3 Å². The van der Waals surface area contributed by atoms with Gasteiger partial charge in [-0.1, -0.05) is 18.2 Å². The van der Waals surface area contributed by atoms with Gasteiger partial charge in [0.05, 0.1) is 10.6 Å². The van der Waals surface area contributed by atoms with Crippen LogP contribution in [-0.2, 0) is 10.0 Å². The highest BCUT2D eigenvalue weighted by Crippen LogP contribution is 2.42. The van der Waals surface area contributed by atoms with Crippen LogP contribution in [0.15, 0.2) is 59.5 Å². The number of fused-ring (bicyclic) bond motifs is 1. The van der Waals surface area contributed by atoms with E-state index in [1.807, 2.05) is 0 Å². The molecule has 1 aliphatic rings. The van der Waals surface area contributed by atoms with Crippen LogP contribution in [0.4, 0.5) is 18.9 Å². The number of ether oxygens (including phenoxy) is 2. The first-order valence-corrected chi connectivity index (χ1v) is 9.50. The number of anilines is 1. The van der Waals surface area contributed by atoms with E-state index in [0.29, 0.717) is 0 Å². The number of hydrogen-bond acceptors (Lipinski definition) is 4. The second-order valence-corrected chi connectivity index (χ2v) is 7.61. The molecular formula is C19H12F3NO4S. The van der Waals surface area contributed by atoms with Crippen LogP contribution in [0.25, 0.3) is 11.1 Å². The summed E-state index contributed by atoms with van der Waals surface area (Å²) in [7, 11) is -4.00. The summed E-state index contributed by atoms with van der Waals surface area (Å²) in [4.78, 5) is -0.00455. The topological polar surface area (TPSA) is 64.6 Å². The molecule has 3 aromatic carbocycles. The van der Waals surface area contributed by atoms with E-state index in [0.717, 1.165) is 12.1 Å². The first kappa shape index (κ1) is 18.2. The lowest BCUT2D eigenvalue weighted by atomic mass is 10.0. The zero-order chi connectivity index (χ0) is 19.9. The van der Waals surface area contributed by atoms with Crippen molar-refractivity contribution in [2.75, 3.05) is 11.5 Å². The van der Waals surface area contributed by atoms with E-state index in [4.69, 9.17) is 9.47 Å². The van der Waals surface area contributed by atoms with Crippen LogP contribution in [-0.4, -0.2) is 15.2 Å². The van der Waals surface area contributed by atoms with Gasteiger partial charge in [0, 0.05) is 11.6 Å². The predicted octanol–water partition coefficient (Wildman–Crippen LogP) is 4.30. The molecule has 0 atom stereocenters. The molecule has 0 fully saturated rings. The van der Waals surface area contributed by atoms with Crippen LogP contribution in [0.2, 0.25) is 0 Å². The maximum absolute atomic E-state index is 13.7. The molecular weight excluding hydrogens is 395 g/mol. The summed E-state index contributed by atoms with van der Waals surface area (Å²) in [6.07, 6.45) is 0. The minimum atomic E-state index is -4.00. The van der Waals surface area contributed by atoms with Gasteiger partial charge in [-0.25, -0.2) is 21.6 Å². The van der Waals surface area contributed by atoms with Crippen molar-refractivity contribution in [3.8, 4) is 22.6 Å². The van der Waals surface area contributed by atoms with Crippen LogP contribution in [0.5, 0.6) is 11.5 Å². The van der Waals surface area contributed by atoms with Crippen molar-refractivity contribution in [2.45, 2.75) is 4.90 Å². The summed E-state index contributed by atoms with van der Waals surface area (Å²) >= 11 is 0. The van der Waals surface area contributed by atoms with Crippen molar-refractivity contribution in [3.05, 3.63) is 72.0 Å². The molecule has 0 amide bonds. The first-order chi connectivity index (χ1) is 13.3. The Morgan fingerprint density at radius 1 is 0.857 bits per heavy atom. The molecule has 144 valence electrons. The normalized spacial score (nSPS) is 12.8. The van der Waals surface area contributed by atoms with Crippen LogP contribution >= 0.6 is 0 Å². The first-order valence-electron chi connectivity index (χ1n) is 8.01. The summed E-state index contributed by atoms with van der Waals surface area (Å²) in [6, 6.07) is 11.8. The quantitative estimate of drug-likeness (QED) is 0.655. The molecule has 3 aromatic rings. The molecule has 0 unspecified atom stereocenters. The number of sulfonamides is 1. The molecule has 0 aliphatic carbocycles. The number of benzene rings is 3. The van der Waals surface area contributed by atoms with Gasteiger partial charge in [-0.3, -0.25) is 4.72 Å². The zero-order valence-corrected chi connectivity index (χ0v) is 14.9. The van der Waals surface area contributed by atoms with E-state index in [2.05, 4.69) is 4.72 Å². The fourth-order valence-corrected chi connectivity index (χ4v) is 3.87. The highest BCUT2D eigenvalue weighted by atomic mass is 32.2. The van der Waals surface area contributed by atoms with Gasteiger partial charge in [-0.05, 0) is 35.9 Å². The monoisotopic (exact) mass is 407 g/mol. The average molecular weight is 407 g/mol. The molecule has 5 nitrogen and oxygen atoms in total. The number of rotatable bonds is 4. The van der Waals surface area contributed by atoms with E-state index in [9.17, 15) is 21.6 Å². The smallest absolute Gasteiger partial charge is 0.261 e. The molecule has 0 radical (unpaired) electrons. The third-order valence-electron chi connectivity index (χ3n) is 4.11. The van der Waals surface area contributed by atoms with Gasteiger partial charge in [0.15, 0.2) is 29.0 Å². The van der Waals surface area contributed by atoms with Crippen molar-refractivity contribution in [1.82, 2.24) is 0 Å². The number of nitrogens with one attached hydrogen (secondary N) is 1. The van der Waals surface area contributed by atoms with E-state index in [1.54, 1.807) is 18.2 Å². The van der Waals surface area contributed by atoms with Crippen molar-refractivity contribution in [2.24, 2.45) is 0 Å². The van der Waals surface area contributed by atoms with Gasteiger partial charge in [0.25, 0.3) is 10.0 Å². The molecule has 0 spiro atoms. The highest BCUT2D eigenvalue weighted by molar-refractivity contribution is 7.92. The predicted molar refractivity (Wildman–Crippen MR) is 95.1 cm³/mol. The van der Waals surface area contributed by atoms with Crippen molar-refractivity contribution >= 4 is 15.7 Å². The summed E-state index contributed by atoms with van der Waals surface area (Å²) in [5.41, 5.74) is 0.0283. The van der Waals surface area contributed by atoms with E-state index in [-0.39, 0.29) is 40.0 Å². The minimum absolute atomic E-state index is 0.00138. The Labute approximate surface area is 158 Å². The standard InChI is InChI=1S/C19H12F3NO4S/c20-14-6-11(7-15(21)19(14)22)13-8-17-18(27-10-26-17)9-16(13)23-28(24,25)12-4-2-1-3-5-12/h1-9,23H,10H2. The van der Waals surface area contributed by atoms with E-state index < -0.39 is 27.5 Å². The SMILES string of the molecule is O=S(=O)(Nc1cc2c(cc1-c1cc(F)c(F)c(F)c1)OCO2)c1ccccc1. The Balaban J connectivity index is 1.86. The maximum Gasteiger partial charge on any atom is 0.261 e. The second kappa shape index (κ2) is 6.75. The van der Waals surface area contributed by atoms with Gasteiger partial charge in [-0.2, -0.15) is 0 Å².